The first kappa shape index (κ1) is 11.4. The molecule has 0 saturated carbocycles. The van der Waals surface area contributed by atoms with Crippen LogP contribution in [-0.2, 0) is 6.42 Å². The van der Waals surface area contributed by atoms with Crippen LogP contribution in [-0.4, -0.2) is 11.0 Å². The maximum atomic E-state index is 5.71. The highest BCUT2D eigenvalue weighted by molar-refractivity contribution is 9.10. The second kappa shape index (κ2) is 4.80. The van der Waals surface area contributed by atoms with Crippen LogP contribution in [0.2, 0.25) is 0 Å². The molecule has 2 aromatic rings. The minimum absolute atomic E-state index is 0.0833. The molecule has 0 amide bonds. The zero-order valence-electron chi connectivity index (χ0n) is 8.98. The fourth-order valence-electron chi connectivity index (χ4n) is 1.48. The number of nitrogens with two attached hydrogens (primary N) is 1. The van der Waals surface area contributed by atoms with Crippen LogP contribution in [0.1, 0.15) is 12.7 Å². The Labute approximate surface area is 103 Å². The minimum atomic E-state index is 0.0833. The first-order valence-electron chi connectivity index (χ1n) is 5.12. The first-order chi connectivity index (χ1) is 7.66. The molecule has 1 heterocycles. The standard InChI is InChI=1S/C12H13BrN2O/c1-8(14)6-9-7-15-12(16-9)10-4-2-3-5-11(10)13/h2-5,7-8H,6,14H2,1H3. The minimum Gasteiger partial charge on any atom is -0.441 e. The van der Waals surface area contributed by atoms with Gasteiger partial charge in [-0.25, -0.2) is 4.98 Å². The molecular formula is C12H13BrN2O. The molecule has 0 saturated heterocycles. The normalized spacial score (nSPS) is 12.7. The van der Waals surface area contributed by atoms with Crippen LogP contribution < -0.4 is 5.73 Å². The molecule has 4 heteroatoms. The smallest absolute Gasteiger partial charge is 0.227 e. The largest absolute Gasteiger partial charge is 0.441 e. The third-order valence-electron chi connectivity index (χ3n) is 2.18. The lowest BCUT2D eigenvalue weighted by atomic mass is 10.2. The topological polar surface area (TPSA) is 52.0 Å². The van der Waals surface area contributed by atoms with E-state index in [9.17, 15) is 0 Å². The van der Waals surface area contributed by atoms with E-state index in [4.69, 9.17) is 10.2 Å². The second-order valence-electron chi connectivity index (χ2n) is 3.79. The van der Waals surface area contributed by atoms with Crippen LogP contribution in [0, 0.1) is 0 Å². The Hall–Kier alpha value is -1.13. The van der Waals surface area contributed by atoms with Crippen molar-refractivity contribution in [1.82, 2.24) is 4.98 Å². The zero-order valence-corrected chi connectivity index (χ0v) is 10.6. The van der Waals surface area contributed by atoms with Gasteiger partial charge in [0, 0.05) is 16.9 Å². The Bertz CT molecular complexity index is 479. The van der Waals surface area contributed by atoms with Gasteiger partial charge in [0.05, 0.1) is 11.8 Å². The number of benzene rings is 1. The molecule has 0 fully saturated rings. The van der Waals surface area contributed by atoms with E-state index in [0.29, 0.717) is 12.3 Å². The van der Waals surface area contributed by atoms with Gasteiger partial charge >= 0.3 is 0 Å². The van der Waals surface area contributed by atoms with Gasteiger partial charge in [-0.3, -0.25) is 0 Å². The summed E-state index contributed by atoms with van der Waals surface area (Å²) in [6, 6.07) is 7.92. The van der Waals surface area contributed by atoms with Crippen LogP contribution in [0.5, 0.6) is 0 Å². The molecule has 1 unspecified atom stereocenters. The summed E-state index contributed by atoms with van der Waals surface area (Å²) >= 11 is 3.47. The highest BCUT2D eigenvalue weighted by Gasteiger charge is 2.10. The van der Waals surface area contributed by atoms with Gasteiger partial charge in [0.1, 0.15) is 5.76 Å². The summed E-state index contributed by atoms with van der Waals surface area (Å²) in [6.07, 6.45) is 2.44. The summed E-state index contributed by atoms with van der Waals surface area (Å²) in [5, 5.41) is 0. The Morgan fingerprint density at radius 3 is 2.88 bits per heavy atom. The highest BCUT2D eigenvalue weighted by atomic mass is 79.9. The van der Waals surface area contributed by atoms with Crippen LogP contribution >= 0.6 is 15.9 Å². The quantitative estimate of drug-likeness (QED) is 0.940. The van der Waals surface area contributed by atoms with E-state index >= 15 is 0 Å². The zero-order chi connectivity index (χ0) is 11.5. The van der Waals surface area contributed by atoms with Gasteiger partial charge in [-0.2, -0.15) is 0 Å². The number of hydrogen-bond donors (Lipinski definition) is 1. The summed E-state index contributed by atoms with van der Waals surface area (Å²) in [5.74, 6) is 1.45. The van der Waals surface area contributed by atoms with E-state index in [1.54, 1.807) is 6.20 Å². The van der Waals surface area contributed by atoms with Crippen molar-refractivity contribution in [3.8, 4) is 11.5 Å². The molecule has 0 spiro atoms. The van der Waals surface area contributed by atoms with Gasteiger partial charge in [0.2, 0.25) is 5.89 Å². The van der Waals surface area contributed by atoms with Gasteiger partial charge < -0.3 is 10.2 Å². The second-order valence-corrected chi connectivity index (χ2v) is 4.65. The molecule has 1 aromatic heterocycles. The van der Waals surface area contributed by atoms with Gasteiger partial charge in [0.15, 0.2) is 0 Å². The first-order valence-corrected chi connectivity index (χ1v) is 5.91. The molecule has 16 heavy (non-hydrogen) atoms. The fraction of sp³-hybridized carbons (Fsp3) is 0.250. The molecule has 1 aromatic carbocycles. The summed E-state index contributed by atoms with van der Waals surface area (Å²) in [7, 11) is 0. The maximum Gasteiger partial charge on any atom is 0.227 e. The van der Waals surface area contributed by atoms with Crippen LogP contribution in [0.15, 0.2) is 39.4 Å². The number of oxazole rings is 1. The SMILES string of the molecule is CC(N)Cc1cnc(-c2ccccc2Br)o1. The number of rotatable bonds is 3. The van der Waals surface area contributed by atoms with Crippen LogP contribution in [0.25, 0.3) is 11.5 Å². The third kappa shape index (κ3) is 2.51. The van der Waals surface area contributed by atoms with E-state index in [2.05, 4.69) is 20.9 Å². The Kier molecular flexibility index (Phi) is 3.41. The van der Waals surface area contributed by atoms with Crippen molar-refractivity contribution in [3.63, 3.8) is 0 Å². The average molecular weight is 281 g/mol. The summed E-state index contributed by atoms with van der Waals surface area (Å²) in [6.45, 7) is 1.95. The van der Waals surface area contributed by atoms with Crippen molar-refractivity contribution in [3.05, 3.63) is 40.7 Å². The number of hydrogen-bond acceptors (Lipinski definition) is 3. The Morgan fingerprint density at radius 1 is 1.44 bits per heavy atom. The Balaban J connectivity index is 2.28. The molecule has 2 N–H and O–H groups in total. The van der Waals surface area contributed by atoms with E-state index in [0.717, 1.165) is 15.8 Å². The monoisotopic (exact) mass is 280 g/mol. The predicted molar refractivity (Wildman–Crippen MR) is 67.0 cm³/mol. The molecule has 0 aliphatic carbocycles. The molecule has 1 atom stereocenters. The molecule has 3 nitrogen and oxygen atoms in total. The van der Waals surface area contributed by atoms with Crippen molar-refractivity contribution in [2.75, 3.05) is 0 Å². The lowest BCUT2D eigenvalue weighted by Gasteiger charge is -2.00. The number of nitrogens with zero attached hydrogens (tertiary/aromatic N) is 1. The van der Waals surface area contributed by atoms with E-state index in [1.165, 1.54) is 0 Å². The van der Waals surface area contributed by atoms with Crippen molar-refractivity contribution in [1.29, 1.82) is 0 Å². The third-order valence-corrected chi connectivity index (χ3v) is 2.87. The molecule has 0 radical (unpaired) electrons. The predicted octanol–water partition coefficient (Wildman–Crippen LogP) is 2.99. The Morgan fingerprint density at radius 2 is 2.19 bits per heavy atom. The van der Waals surface area contributed by atoms with Crippen molar-refractivity contribution >= 4 is 15.9 Å². The summed E-state index contributed by atoms with van der Waals surface area (Å²) in [4.78, 5) is 4.25. The van der Waals surface area contributed by atoms with Gasteiger partial charge in [-0.15, -0.1) is 0 Å². The number of aromatic nitrogens is 1. The molecule has 2 rings (SSSR count). The highest BCUT2D eigenvalue weighted by Crippen LogP contribution is 2.27. The molecule has 0 aliphatic rings. The maximum absolute atomic E-state index is 5.71. The molecular weight excluding hydrogens is 268 g/mol. The van der Waals surface area contributed by atoms with E-state index in [-0.39, 0.29) is 6.04 Å². The van der Waals surface area contributed by atoms with Crippen molar-refractivity contribution in [2.45, 2.75) is 19.4 Å². The average Bonchev–Trinajstić information content (AvgIpc) is 2.66. The number of halogens is 1. The van der Waals surface area contributed by atoms with Gasteiger partial charge in [0.25, 0.3) is 0 Å². The van der Waals surface area contributed by atoms with E-state index < -0.39 is 0 Å². The van der Waals surface area contributed by atoms with Crippen LogP contribution in [0.3, 0.4) is 0 Å². The lowest BCUT2D eigenvalue weighted by Crippen LogP contribution is -2.17. The molecule has 84 valence electrons. The van der Waals surface area contributed by atoms with Gasteiger partial charge in [-0.1, -0.05) is 12.1 Å². The van der Waals surface area contributed by atoms with E-state index in [1.807, 2.05) is 31.2 Å². The van der Waals surface area contributed by atoms with Crippen molar-refractivity contribution in [2.24, 2.45) is 5.73 Å². The fourth-order valence-corrected chi connectivity index (χ4v) is 1.93. The summed E-state index contributed by atoms with van der Waals surface area (Å²) in [5.41, 5.74) is 6.66. The molecule has 0 aliphatic heterocycles. The lowest BCUT2D eigenvalue weighted by molar-refractivity contribution is 0.499. The summed E-state index contributed by atoms with van der Waals surface area (Å²) < 4.78 is 6.62. The van der Waals surface area contributed by atoms with Crippen molar-refractivity contribution < 1.29 is 4.42 Å². The van der Waals surface area contributed by atoms with Gasteiger partial charge in [-0.05, 0) is 35.0 Å². The van der Waals surface area contributed by atoms with Crippen LogP contribution in [0.4, 0.5) is 0 Å². The molecule has 0 bridgehead atoms.